The highest BCUT2D eigenvalue weighted by molar-refractivity contribution is 5.73. The summed E-state index contributed by atoms with van der Waals surface area (Å²) in [6, 6.07) is 8.70. The molecule has 4 nitrogen and oxygen atoms in total. The van der Waals surface area contributed by atoms with Crippen molar-refractivity contribution in [3.05, 3.63) is 35.4 Å². The number of aliphatic carboxylic acids is 1. The molecule has 1 rings (SSSR count). The Bertz CT molecular complexity index is 420. The van der Waals surface area contributed by atoms with E-state index in [9.17, 15) is 4.79 Å². The molecule has 0 heterocycles. The van der Waals surface area contributed by atoms with E-state index in [4.69, 9.17) is 10.4 Å². The maximum atomic E-state index is 11.0. The Kier molecular flexibility index (Phi) is 5.89. The molecule has 0 bridgehead atoms. The van der Waals surface area contributed by atoms with Crippen molar-refractivity contribution >= 4 is 5.97 Å². The van der Waals surface area contributed by atoms with Gasteiger partial charge in [-0.25, -0.2) is 0 Å². The number of carboxylic acid groups (broad SMARTS) is 1. The van der Waals surface area contributed by atoms with Crippen LogP contribution in [0.5, 0.6) is 0 Å². The van der Waals surface area contributed by atoms with E-state index >= 15 is 0 Å². The summed E-state index contributed by atoms with van der Waals surface area (Å²) in [5.41, 5.74) is 1.59. The Hall–Kier alpha value is -1.86. The van der Waals surface area contributed by atoms with Crippen molar-refractivity contribution in [2.24, 2.45) is 0 Å². The minimum Gasteiger partial charge on any atom is -0.480 e. The van der Waals surface area contributed by atoms with Crippen LogP contribution in [-0.4, -0.2) is 17.1 Å². The first-order valence-electron chi connectivity index (χ1n) is 6.12. The molecule has 0 radical (unpaired) electrons. The lowest BCUT2D eigenvalue weighted by molar-refractivity contribution is -0.139. The zero-order valence-corrected chi connectivity index (χ0v) is 10.5. The van der Waals surface area contributed by atoms with Gasteiger partial charge in [0.25, 0.3) is 0 Å². The Morgan fingerprint density at radius 2 is 2.11 bits per heavy atom. The van der Waals surface area contributed by atoms with Gasteiger partial charge in [-0.05, 0) is 24.1 Å². The molecule has 18 heavy (non-hydrogen) atoms. The number of nitriles is 1. The van der Waals surface area contributed by atoms with Gasteiger partial charge >= 0.3 is 5.97 Å². The Balaban J connectivity index is 2.50. The minimum absolute atomic E-state index is 0.499. The van der Waals surface area contributed by atoms with E-state index in [1.807, 2.05) is 19.1 Å². The van der Waals surface area contributed by atoms with Gasteiger partial charge in [-0.2, -0.15) is 5.26 Å². The molecule has 1 aromatic carbocycles. The van der Waals surface area contributed by atoms with E-state index in [0.29, 0.717) is 18.5 Å². The third-order valence-corrected chi connectivity index (χ3v) is 2.78. The lowest BCUT2D eigenvalue weighted by Gasteiger charge is -2.13. The first kappa shape index (κ1) is 14.2. The van der Waals surface area contributed by atoms with Crippen molar-refractivity contribution in [2.75, 3.05) is 0 Å². The molecule has 0 aromatic heterocycles. The zero-order chi connectivity index (χ0) is 13.4. The van der Waals surface area contributed by atoms with Crippen LogP contribution in [-0.2, 0) is 11.3 Å². The number of nitrogens with one attached hydrogen (secondary N) is 1. The number of hydrogen-bond acceptors (Lipinski definition) is 3. The summed E-state index contributed by atoms with van der Waals surface area (Å²) in [6.07, 6.45) is 2.53. The summed E-state index contributed by atoms with van der Waals surface area (Å²) in [6.45, 7) is 2.55. The van der Waals surface area contributed by atoms with Gasteiger partial charge < -0.3 is 10.4 Å². The van der Waals surface area contributed by atoms with Crippen LogP contribution < -0.4 is 5.32 Å². The summed E-state index contributed by atoms with van der Waals surface area (Å²) >= 11 is 0. The fourth-order valence-electron chi connectivity index (χ4n) is 1.66. The second-order valence-corrected chi connectivity index (χ2v) is 4.22. The predicted octanol–water partition coefficient (Wildman–Crippen LogP) is 2.29. The summed E-state index contributed by atoms with van der Waals surface area (Å²) in [4.78, 5) is 11.0. The van der Waals surface area contributed by atoms with E-state index in [-0.39, 0.29) is 0 Å². The van der Waals surface area contributed by atoms with Crippen molar-refractivity contribution in [1.82, 2.24) is 5.32 Å². The molecule has 0 aliphatic heterocycles. The van der Waals surface area contributed by atoms with Gasteiger partial charge in [0.15, 0.2) is 0 Å². The molecular weight excluding hydrogens is 228 g/mol. The van der Waals surface area contributed by atoms with Crippen LogP contribution in [0.3, 0.4) is 0 Å². The number of benzene rings is 1. The zero-order valence-electron chi connectivity index (χ0n) is 10.5. The van der Waals surface area contributed by atoms with Gasteiger partial charge in [0.1, 0.15) is 6.04 Å². The second-order valence-electron chi connectivity index (χ2n) is 4.22. The molecule has 1 atom stereocenters. The number of rotatable bonds is 7. The average molecular weight is 246 g/mol. The molecule has 0 saturated carbocycles. The SMILES string of the molecule is CCCCC(NCc1ccc(C#N)cc1)C(=O)O. The predicted molar refractivity (Wildman–Crippen MR) is 68.9 cm³/mol. The van der Waals surface area contributed by atoms with Crippen LogP contribution in [0.1, 0.15) is 37.3 Å². The van der Waals surface area contributed by atoms with Gasteiger partial charge in [0, 0.05) is 6.54 Å². The second kappa shape index (κ2) is 7.46. The topological polar surface area (TPSA) is 73.1 Å². The van der Waals surface area contributed by atoms with Crippen LogP contribution in [0, 0.1) is 11.3 Å². The Morgan fingerprint density at radius 1 is 1.44 bits per heavy atom. The lowest BCUT2D eigenvalue weighted by atomic mass is 10.1. The fraction of sp³-hybridized carbons (Fsp3) is 0.429. The van der Waals surface area contributed by atoms with E-state index in [1.54, 1.807) is 12.1 Å². The van der Waals surface area contributed by atoms with Crippen molar-refractivity contribution in [3.8, 4) is 6.07 Å². The molecule has 0 spiro atoms. The number of hydrogen-bond donors (Lipinski definition) is 2. The molecule has 0 fully saturated rings. The maximum Gasteiger partial charge on any atom is 0.320 e. The van der Waals surface area contributed by atoms with Crippen LogP contribution in [0.4, 0.5) is 0 Å². The maximum absolute atomic E-state index is 11.0. The summed E-state index contributed by atoms with van der Waals surface area (Å²) in [5.74, 6) is -0.808. The van der Waals surface area contributed by atoms with Crippen LogP contribution in [0.2, 0.25) is 0 Å². The minimum atomic E-state index is -0.808. The lowest BCUT2D eigenvalue weighted by Crippen LogP contribution is -2.36. The summed E-state index contributed by atoms with van der Waals surface area (Å²) < 4.78 is 0. The largest absolute Gasteiger partial charge is 0.480 e. The fourth-order valence-corrected chi connectivity index (χ4v) is 1.66. The van der Waals surface area contributed by atoms with E-state index in [2.05, 4.69) is 11.4 Å². The smallest absolute Gasteiger partial charge is 0.320 e. The van der Waals surface area contributed by atoms with Gasteiger partial charge in [-0.1, -0.05) is 31.9 Å². The normalized spacial score (nSPS) is 11.8. The highest BCUT2D eigenvalue weighted by Gasteiger charge is 2.15. The van der Waals surface area contributed by atoms with Crippen LogP contribution in [0.15, 0.2) is 24.3 Å². The van der Waals surface area contributed by atoms with Gasteiger partial charge in [-0.3, -0.25) is 4.79 Å². The van der Waals surface area contributed by atoms with Crippen molar-refractivity contribution in [3.63, 3.8) is 0 Å². The molecule has 0 aliphatic carbocycles. The van der Waals surface area contributed by atoms with Crippen LogP contribution in [0.25, 0.3) is 0 Å². The van der Waals surface area contributed by atoms with Gasteiger partial charge in [-0.15, -0.1) is 0 Å². The molecule has 4 heteroatoms. The highest BCUT2D eigenvalue weighted by atomic mass is 16.4. The van der Waals surface area contributed by atoms with E-state index in [1.165, 1.54) is 0 Å². The van der Waals surface area contributed by atoms with E-state index < -0.39 is 12.0 Å². The number of unbranched alkanes of at least 4 members (excludes halogenated alkanes) is 1. The Morgan fingerprint density at radius 3 is 2.61 bits per heavy atom. The molecule has 1 aromatic rings. The third-order valence-electron chi connectivity index (χ3n) is 2.78. The average Bonchev–Trinajstić information content (AvgIpc) is 2.39. The third kappa shape index (κ3) is 4.56. The number of carbonyl (C=O) groups is 1. The van der Waals surface area contributed by atoms with Gasteiger partial charge in [0.2, 0.25) is 0 Å². The monoisotopic (exact) mass is 246 g/mol. The van der Waals surface area contributed by atoms with Crippen molar-refractivity contribution < 1.29 is 9.90 Å². The van der Waals surface area contributed by atoms with E-state index in [0.717, 1.165) is 18.4 Å². The van der Waals surface area contributed by atoms with Crippen LogP contribution >= 0.6 is 0 Å². The summed E-state index contributed by atoms with van der Waals surface area (Å²) in [5, 5.41) is 20.8. The molecule has 0 saturated heterocycles. The standard InChI is InChI=1S/C14H18N2O2/c1-2-3-4-13(14(17)18)16-10-12-7-5-11(9-15)6-8-12/h5-8,13,16H,2-4,10H2,1H3,(H,17,18). The number of nitrogens with zero attached hydrogens (tertiary/aromatic N) is 1. The molecular formula is C14H18N2O2. The molecule has 0 amide bonds. The quantitative estimate of drug-likeness (QED) is 0.774. The summed E-state index contributed by atoms with van der Waals surface area (Å²) in [7, 11) is 0. The highest BCUT2D eigenvalue weighted by Crippen LogP contribution is 2.06. The van der Waals surface area contributed by atoms with Gasteiger partial charge in [0.05, 0.1) is 11.6 Å². The number of carboxylic acids is 1. The molecule has 96 valence electrons. The molecule has 2 N–H and O–H groups in total. The molecule has 0 aliphatic rings. The Labute approximate surface area is 107 Å². The van der Waals surface area contributed by atoms with Crippen molar-refractivity contribution in [2.45, 2.75) is 38.8 Å². The van der Waals surface area contributed by atoms with Crippen molar-refractivity contribution in [1.29, 1.82) is 5.26 Å². The molecule has 1 unspecified atom stereocenters. The first-order chi connectivity index (χ1) is 8.67. The first-order valence-corrected chi connectivity index (χ1v) is 6.12.